The van der Waals surface area contributed by atoms with Gasteiger partial charge in [-0.3, -0.25) is 4.79 Å². The first-order valence-electron chi connectivity index (χ1n) is 6.30. The van der Waals surface area contributed by atoms with Gasteiger partial charge in [-0.1, -0.05) is 54.6 Å². The van der Waals surface area contributed by atoms with Crippen LogP contribution in [-0.4, -0.2) is 17.4 Å². The number of amides is 1. The molecule has 19 heavy (non-hydrogen) atoms. The van der Waals surface area contributed by atoms with Crippen LogP contribution in [0.1, 0.15) is 15.9 Å². The molecule has 0 radical (unpaired) electrons. The van der Waals surface area contributed by atoms with Gasteiger partial charge in [0.2, 0.25) is 0 Å². The largest absolute Gasteiger partial charge is 0.331 e. The van der Waals surface area contributed by atoms with Gasteiger partial charge in [0, 0.05) is 18.7 Å². The van der Waals surface area contributed by atoms with E-state index in [0.717, 1.165) is 5.56 Å². The van der Waals surface area contributed by atoms with Crippen LogP contribution in [0.25, 0.3) is 0 Å². The van der Waals surface area contributed by atoms with Gasteiger partial charge in [-0.15, -0.1) is 6.58 Å². The van der Waals surface area contributed by atoms with E-state index in [9.17, 15) is 4.79 Å². The van der Waals surface area contributed by atoms with E-state index in [2.05, 4.69) is 6.58 Å². The molecule has 0 N–H and O–H groups in total. The topological polar surface area (TPSA) is 20.3 Å². The van der Waals surface area contributed by atoms with Gasteiger partial charge in [0.05, 0.1) is 0 Å². The molecule has 0 aliphatic rings. The summed E-state index contributed by atoms with van der Waals surface area (Å²) >= 11 is 0. The first-order chi connectivity index (χ1) is 9.31. The van der Waals surface area contributed by atoms with Gasteiger partial charge in [-0.2, -0.15) is 0 Å². The van der Waals surface area contributed by atoms with Gasteiger partial charge in [0.1, 0.15) is 0 Å². The summed E-state index contributed by atoms with van der Waals surface area (Å²) in [6.45, 7) is 4.87. The maximum Gasteiger partial charge on any atom is 0.254 e. The molecule has 0 fully saturated rings. The molecular weight excluding hydrogens is 234 g/mol. The highest BCUT2D eigenvalue weighted by Gasteiger charge is 2.14. The quantitative estimate of drug-likeness (QED) is 0.745. The highest BCUT2D eigenvalue weighted by molar-refractivity contribution is 5.94. The Hall–Kier alpha value is -2.35. The molecule has 0 aliphatic heterocycles. The standard InChI is InChI=1S/C17H17NO/c1-2-13-18(14-15-9-5-3-6-10-15)17(19)16-11-7-4-8-12-16/h2-12H,1,13-14H2. The molecular formula is C17H17NO. The van der Waals surface area contributed by atoms with Crippen LogP contribution in [0.4, 0.5) is 0 Å². The van der Waals surface area contributed by atoms with Crippen molar-refractivity contribution in [1.29, 1.82) is 0 Å². The molecule has 2 rings (SSSR count). The molecule has 0 aliphatic carbocycles. The Bertz CT molecular complexity index is 534. The van der Waals surface area contributed by atoms with E-state index < -0.39 is 0 Å². The van der Waals surface area contributed by atoms with Crippen molar-refractivity contribution >= 4 is 5.91 Å². The molecule has 0 heterocycles. The number of nitrogens with zero attached hydrogens (tertiary/aromatic N) is 1. The first kappa shape index (κ1) is 13.1. The van der Waals surface area contributed by atoms with Crippen LogP contribution in [0, 0.1) is 0 Å². The minimum atomic E-state index is 0.0318. The molecule has 0 spiro atoms. The summed E-state index contributed by atoms with van der Waals surface area (Å²) in [6.07, 6.45) is 1.75. The highest BCUT2D eigenvalue weighted by atomic mass is 16.2. The van der Waals surface area contributed by atoms with Gasteiger partial charge >= 0.3 is 0 Å². The summed E-state index contributed by atoms with van der Waals surface area (Å²) in [5.74, 6) is 0.0318. The Labute approximate surface area is 114 Å². The number of carbonyl (C=O) groups is 1. The summed E-state index contributed by atoms with van der Waals surface area (Å²) in [7, 11) is 0. The molecule has 2 aromatic carbocycles. The lowest BCUT2D eigenvalue weighted by Gasteiger charge is -2.21. The zero-order chi connectivity index (χ0) is 13.5. The number of rotatable bonds is 5. The number of hydrogen-bond acceptors (Lipinski definition) is 1. The van der Waals surface area contributed by atoms with Crippen molar-refractivity contribution in [2.75, 3.05) is 6.54 Å². The maximum absolute atomic E-state index is 12.4. The normalized spacial score (nSPS) is 9.89. The third-order valence-electron chi connectivity index (χ3n) is 2.87. The van der Waals surface area contributed by atoms with Crippen LogP contribution < -0.4 is 0 Å². The second kappa shape index (κ2) is 6.55. The van der Waals surface area contributed by atoms with E-state index in [0.29, 0.717) is 18.7 Å². The lowest BCUT2D eigenvalue weighted by Crippen LogP contribution is -2.30. The molecule has 0 unspecified atom stereocenters. The fraction of sp³-hybridized carbons (Fsp3) is 0.118. The molecule has 2 nitrogen and oxygen atoms in total. The van der Waals surface area contributed by atoms with E-state index in [4.69, 9.17) is 0 Å². The van der Waals surface area contributed by atoms with Crippen molar-refractivity contribution in [2.24, 2.45) is 0 Å². The average Bonchev–Trinajstić information content (AvgIpc) is 2.48. The molecule has 0 bridgehead atoms. The molecule has 0 atom stereocenters. The zero-order valence-electron chi connectivity index (χ0n) is 10.8. The van der Waals surface area contributed by atoms with Gasteiger partial charge in [0.15, 0.2) is 0 Å². The summed E-state index contributed by atoms with van der Waals surface area (Å²) in [6, 6.07) is 19.3. The molecule has 0 aromatic heterocycles. The number of benzene rings is 2. The Morgan fingerprint density at radius 1 is 1.00 bits per heavy atom. The third kappa shape index (κ3) is 3.55. The number of carbonyl (C=O) groups excluding carboxylic acids is 1. The number of hydrogen-bond donors (Lipinski definition) is 0. The second-order valence-corrected chi connectivity index (χ2v) is 4.33. The first-order valence-corrected chi connectivity index (χ1v) is 6.30. The van der Waals surface area contributed by atoms with Crippen molar-refractivity contribution in [3.05, 3.63) is 84.4 Å². The van der Waals surface area contributed by atoms with Crippen LogP contribution >= 0.6 is 0 Å². The fourth-order valence-electron chi connectivity index (χ4n) is 1.94. The lowest BCUT2D eigenvalue weighted by molar-refractivity contribution is 0.0762. The van der Waals surface area contributed by atoms with Gasteiger partial charge in [-0.25, -0.2) is 0 Å². The van der Waals surface area contributed by atoms with Crippen LogP contribution in [-0.2, 0) is 6.54 Å². The lowest BCUT2D eigenvalue weighted by atomic mass is 10.1. The smallest absolute Gasteiger partial charge is 0.254 e. The Morgan fingerprint density at radius 3 is 2.16 bits per heavy atom. The average molecular weight is 251 g/mol. The van der Waals surface area contributed by atoms with Crippen molar-refractivity contribution in [1.82, 2.24) is 4.90 Å². The molecule has 2 heteroatoms. The van der Waals surface area contributed by atoms with E-state index in [1.807, 2.05) is 60.7 Å². The summed E-state index contributed by atoms with van der Waals surface area (Å²) in [4.78, 5) is 14.2. The summed E-state index contributed by atoms with van der Waals surface area (Å²) < 4.78 is 0. The van der Waals surface area contributed by atoms with E-state index in [-0.39, 0.29) is 5.91 Å². The third-order valence-corrected chi connectivity index (χ3v) is 2.87. The zero-order valence-corrected chi connectivity index (χ0v) is 10.8. The van der Waals surface area contributed by atoms with Crippen molar-refractivity contribution < 1.29 is 4.79 Å². The monoisotopic (exact) mass is 251 g/mol. The summed E-state index contributed by atoms with van der Waals surface area (Å²) in [5.41, 5.74) is 1.83. The SMILES string of the molecule is C=CCN(Cc1ccccc1)C(=O)c1ccccc1. The predicted octanol–water partition coefficient (Wildman–Crippen LogP) is 3.52. The minimum absolute atomic E-state index is 0.0318. The molecule has 96 valence electrons. The fourth-order valence-corrected chi connectivity index (χ4v) is 1.94. The molecule has 1 amide bonds. The Morgan fingerprint density at radius 2 is 1.58 bits per heavy atom. The van der Waals surface area contributed by atoms with E-state index in [1.165, 1.54) is 0 Å². The summed E-state index contributed by atoms with van der Waals surface area (Å²) in [5, 5.41) is 0. The predicted molar refractivity (Wildman–Crippen MR) is 77.8 cm³/mol. The van der Waals surface area contributed by atoms with Crippen LogP contribution in [0.15, 0.2) is 73.3 Å². The molecule has 0 saturated carbocycles. The maximum atomic E-state index is 12.4. The highest BCUT2D eigenvalue weighted by Crippen LogP contribution is 2.10. The van der Waals surface area contributed by atoms with E-state index in [1.54, 1.807) is 11.0 Å². The second-order valence-electron chi connectivity index (χ2n) is 4.33. The van der Waals surface area contributed by atoms with Gasteiger partial charge < -0.3 is 4.90 Å². The molecule has 2 aromatic rings. The Kier molecular flexibility index (Phi) is 4.51. The van der Waals surface area contributed by atoms with Crippen molar-refractivity contribution in [3.8, 4) is 0 Å². The molecule has 0 saturated heterocycles. The Balaban J connectivity index is 2.16. The van der Waals surface area contributed by atoms with Crippen LogP contribution in [0.3, 0.4) is 0 Å². The van der Waals surface area contributed by atoms with Gasteiger partial charge in [-0.05, 0) is 17.7 Å². The van der Waals surface area contributed by atoms with Crippen LogP contribution in [0.5, 0.6) is 0 Å². The minimum Gasteiger partial charge on any atom is -0.331 e. The van der Waals surface area contributed by atoms with E-state index >= 15 is 0 Å². The van der Waals surface area contributed by atoms with Crippen LogP contribution in [0.2, 0.25) is 0 Å². The van der Waals surface area contributed by atoms with Crippen molar-refractivity contribution in [2.45, 2.75) is 6.54 Å². The van der Waals surface area contributed by atoms with Crippen molar-refractivity contribution in [3.63, 3.8) is 0 Å². The van der Waals surface area contributed by atoms with Gasteiger partial charge in [0.25, 0.3) is 5.91 Å².